The summed E-state index contributed by atoms with van der Waals surface area (Å²) in [6.07, 6.45) is 0. The molecular weight excluding hydrogens is 240 g/mol. The van der Waals surface area contributed by atoms with Crippen molar-refractivity contribution in [3.8, 4) is 11.5 Å². The zero-order chi connectivity index (χ0) is 12.5. The van der Waals surface area contributed by atoms with Crippen LogP contribution in [-0.2, 0) is 0 Å². The van der Waals surface area contributed by atoms with Crippen LogP contribution in [0.2, 0.25) is 0 Å². The number of hydrogen-bond acceptors (Lipinski definition) is 3. The van der Waals surface area contributed by atoms with Gasteiger partial charge in [-0.15, -0.1) is 0 Å². The Balaban J connectivity index is 1.88. The number of hydrogen-bond donors (Lipinski definition) is 1. The highest BCUT2D eigenvalue weighted by Crippen LogP contribution is 2.35. The van der Waals surface area contributed by atoms with E-state index in [0.29, 0.717) is 17.2 Å². The lowest BCUT2D eigenvalue weighted by Gasteiger charge is -2.08. The second-order valence-corrected chi connectivity index (χ2v) is 3.82. The molecule has 1 N–H and O–H groups in total. The molecule has 92 valence electrons. The molecule has 0 radical (unpaired) electrons. The molecule has 18 heavy (non-hydrogen) atoms. The van der Waals surface area contributed by atoms with Gasteiger partial charge in [0.2, 0.25) is 6.79 Å². The largest absolute Gasteiger partial charge is 0.454 e. The Bertz CT molecular complexity index is 602. The van der Waals surface area contributed by atoms with Crippen molar-refractivity contribution in [3.63, 3.8) is 0 Å². The molecular formula is C13H9F2NO2. The first-order valence-corrected chi connectivity index (χ1v) is 5.34. The van der Waals surface area contributed by atoms with E-state index in [0.717, 1.165) is 6.07 Å². The Morgan fingerprint density at radius 2 is 1.78 bits per heavy atom. The van der Waals surface area contributed by atoms with E-state index in [1.54, 1.807) is 18.2 Å². The van der Waals surface area contributed by atoms with Crippen molar-refractivity contribution in [2.75, 3.05) is 12.1 Å². The summed E-state index contributed by atoms with van der Waals surface area (Å²) >= 11 is 0. The van der Waals surface area contributed by atoms with Gasteiger partial charge in [-0.1, -0.05) is 0 Å². The molecule has 2 aromatic carbocycles. The highest BCUT2D eigenvalue weighted by molar-refractivity contribution is 5.64. The maximum absolute atomic E-state index is 13.5. The van der Waals surface area contributed by atoms with Crippen LogP contribution >= 0.6 is 0 Å². The van der Waals surface area contributed by atoms with Gasteiger partial charge in [0.1, 0.15) is 11.6 Å². The minimum atomic E-state index is -0.646. The van der Waals surface area contributed by atoms with Crippen molar-refractivity contribution in [1.82, 2.24) is 0 Å². The van der Waals surface area contributed by atoms with Crippen LogP contribution in [0.15, 0.2) is 36.4 Å². The van der Waals surface area contributed by atoms with Crippen molar-refractivity contribution in [1.29, 1.82) is 0 Å². The maximum Gasteiger partial charge on any atom is 0.231 e. The van der Waals surface area contributed by atoms with Gasteiger partial charge in [0, 0.05) is 17.8 Å². The normalized spacial score (nSPS) is 12.6. The molecule has 5 heteroatoms. The van der Waals surface area contributed by atoms with E-state index in [1.807, 2.05) is 0 Å². The zero-order valence-corrected chi connectivity index (χ0v) is 9.24. The molecule has 3 rings (SSSR count). The molecule has 3 nitrogen and oxygen atoms in total. The molecule has 1 aliphatic heterocycles. The molecule has 0 amide bonds. The summed E-state index contributed by atoms with van der Waals surface area (Å²) in [4.78, 5) is 0. The predicted molar refractivity (Wildman–Crippen MR) is 62.2 cm³/mol. The second kappa shape index (κ2) is 4.18. The lowest BCUT2D eigenvalue weighted by molar-refractivity contribution is 0.174. The van der Waals surface area contributed by atoms with E-state index in [4.69, 9.17) is 9.47 Å². The number of benzene rings is 2. The van der Waals surface area contributed by atoms with Gasteiger partial charge in [-0.2, -0.15) is 0 Å². The molecule has 0 atom stereocenters. The average molecular weight is 249 g/mol. The Hall–Kier alpha value is -2.30. The fraction of sp³-hybridized carbons (Fsp3) is 0.0769. The predicted octanol–water partition coefficient (Wildman–Crippen LogP) is 3.44. The van der Waals surface area contributed by atoms with Crippen LogP contribution in [-0.4, -0.2) is 6.79 Å². The van der Waals surface area contributed by atoms with E-state index in [2.05, 4.69) is 5.32 Å². The number of fused-ring (bicyclic) bond motifs is 1. The quantitative estimate of drug-likeness (QED) is 0.884. The van der Waals surface area contributed by atoms with Crippen molar-refractivity contribution >= 4 is 11.4 Å². The van der Waals surface area contributed by atoms with Gasteiger partial charge in [0.15, 0.2) is 11.5 Å². The third-order valence-corrected chi connectivity index (χ3v) is 2.58. The van der Waals surface area contributed by atoms with E-state index < -0.39 is 11.6 Å². The highest BCUT2D eigenvalue weighted by atomic mass is 19.1. The topological polar surface area (TPSA) is 30.5 Å². The Kier molecular flexibility index (Phi) is 2.51. The van der Waals surface area contributed by atoms with Crippen molar-refractivity contribution in [2.45, 2.75) is 0 Å². The molecule has 0 spiro atoms. The van der Waals surface area contributed by atoms with Crippen LogP contribution in [0.4, 0.5) is 20.2 Å². The van der Waals surface area contributed by atoms with Crippen LogP contribution in [0.5, 0.6) is 11.5 Å². The monoisotopic (exact) mass is 249 g/mol. The summed E-state index contributed by atoms with van der Waals surface area (Å²) < 4.78 is 36.6. The Morgan fingerprint density at radius 1 is 0.944 bits per heavy atom. The van der Waals surface area contributed by atoms with E-state index in [1.165, 1.54) is 12.1 Å². The molecule has 2 aromatic rings. The summed E-state index contributed by atoms with van der Waals surface area (Å²) in [5, 5.41) is 2.85. The number of ether oxygens (including phenoxy) is 2. The van der Waals surface area contributed by atoms with E-state index >= 15 is 0 Å². The van der Waals surface area contributed by atoms with Crippen LogP contribution in [0.25, 0.3) is 0 Å². The number of rotatable bonds is 2. The highest BCUT2D eigenvalue weighted by Gasteiger charge is 2.13. The van der Waals surface area contributed by atoms with Gasteiger partial charge in [-0.05, 0) is 24.3 Å². The Labute approximate surface area is 102 Å². The first kappa shape index (κ1) is 10.8. The lowest BCUT2D eigenvalue weighted by atomic mass is 10.2. The van der Waals surface area contributed by atoms with Crippen molar-refractivity contribution in [2.24, 2.45) is 0 Å². The molecule has 0 aliphatic carbocycles. The Morgan fingerprint density at radius 3 is 2.61 bits per heavy atom. The fourth-order valence-electron chi connectivity index (χ4n) is 1.72. The van der Waals surface area contributed by atoms with Gasteiger partial charge >= 0.3 is 0 Å². The van der Waals surface area contributed by atoms with Crippen LogP contribution < -0.4 is 14.8 Å². The molecule has 0 saturated heterocycles. The maximum atomic E-state index is 13.5. The molecule has 1 aliphatic rings. The van der Waals surface area contributed by atoms with Crippen LogP contribution in [0.1, 0.15) is 0 Å². The van der Waals surface area contributed by atoms with E-state index in [9.17, 15) is 8.78 Å². The van der Waals surface area contributed by atoms with Gasteiger partial charge in [0.25, 0.3) is 0 Å². The third kappa shape index (κ3) is 1.95. The second-order valence-electron chi connectivity index (χ2n) is 3.82. The summed E-state index contributed by atoms with van der Waals surface area (Å²) in [5.41, 5.74) is 0.847. The van der Waals surface area contributed by atoms with Crippen molar-refractivity contribution in [3.05, 3.63) is 48.0 Å². The van der Waals surface area contributed by atoms with Gasteiger partial charge in [0.05, 0.1) is 5.69 Å². The third-order valence-electron chi connectivity index (χ3n) is 2.58. The van der Waals surface area contributed by atoms with Crippen LogP contribution in [0, 0.1) is 11.6 Å². The minimum absolute atomic E-state index is 0.184. The molecule has 0 saturated carbocycles. The molecule has 0 unspecified atom stereocenters. The van der Waals surface area contributed by atoms with Crippen LogP contribution in [0.3, 0.4) is 0 Å². The number of halogens is 2. The number of anilines is 2. The minimum Gasteiger partial charge on any atom is -0.454 e. The fourth-order valence-corrected chi connectivity index (χ4v) is 1.72. The lowest BCUT2D eigenvalue weighted by Crippen LogP contribution is -1.94. The SMILES string of the molecule is Fc1ccc(Nc2ccc3c(c2)OCO3)c(F)c1. The van der Waals surface area contributed by atoms with Gasteiger partial charge in [-0.25, -0.2) is 8.78 Å². The summed E-state index contributed by atoms with van der Waals surface area (Å²) in [7, 11) is 0. The van der Waals surface area contributed by atoms with Crippen molar-refractivity contribution < 1.29 is 18.3 Å². The molecule has 0 fully saturated rings. The van der Waals surface area contributed by atoms with Gasteiger partial charge in [-0.3, -0.25) is 0 Å². The summed E-state index contributed by atoms with van der Waals surface area (Å²) in [5.74, 6) is -0.000878. The van der Waals surface area contributed by atoms with Gasteiger partial charge < -0.3 is 14.8 Å². The standard InChI is InChI=1S/C13H9F2NO2/c14-8-1-3-11(10(15)5-8)16-9-2-4-12-13(6-9)18-7-17-12/h1-6,16H,7H2. The average Bonchev–Trinajstić information content (AvgIpc) is 2.80. The smallest absolute Gasteiger partial charge is 0.231 e. The molecule has 1 heterocycles. The summed E-state index contributed by atoms with van der Waals surface area (Å²) in [6.45, 7) is 0.184. The zero-order valence-electron chi connectivity index (χ0n) is 9.24. The first-order valence-electron chi connectivity index (χ1n) is 5.34. The molecule has 0 aromatic heterocycles. The summed E-state index contributed by atoms with van der Waals surface area (Å²) in [6, 6.07) is 8.52. The van der Waals surface area contributed by atoms with E-state index in [-0.39, 0.29) is 12.5 Å². The molecule has 0 bridgehead atoms. The first-order chi connectivity index (χ1) is 8.72. The number of nitrogens with one attached hydrogen (secondary N) is 1.